The van der Waals surface area contributed by atoms with E-state index in [1.54, 1.807) is 0 Å². The maximum absolute atomic E-state index is 13.3. The van der Waals surface area contributed by atoms with E-state index in [-0.39, 0.29) is 18.1 Å². The number of nitrogens with one attached hydrogen (secondary N) is 2. The van der Waals surface area contributed by atoms with Gasteiger partial charge in [-0.05, 0) is 55.2 Å². The number of hydrogen-bond acceptors (Lipinski definition) is 5. The number of benzene rings is 1. The van der Waals surface area contributed by atoms with Crippen LogP contribution in [0.5, 0.6) is 0 Å². The number of aryl methyl sites for hydroxylation is 1. The van der Waals surface area contributed by atoms with E-state index in [0.29, 0.717) is 0 Å². The van der Waals surface area contributed by atoms with Crippen LogP contribution in [0.2, 0.25) is 0 Å². The molecule has 0 fully saturated rings. The lowest BCUT2D eigenvalue weighted by molar-refractivity contribution is -0.119. The molecule has 1 aromatic heterocycles. The molecule has 2 N–H and O–H groups in total. The molecule has 3 aliphatic rings. The number of rotatable bonds is 3. The standard InChI is InChI=1S/C24H25N5O/c1-4-24(18-7-5-6-16(12-18)17-8-9-25-14(2)10-17)19-13-26-29-22(19)28-20-11-15(3)27-23(30)21(20)24/h5-10,12-13,15,22,28H,4,11H2,1-3H3,(H,27,30). The van der Waals surface area contributed by atoms with Gasteiger partial charge in [0.1, 0.15) is 0 Å². The summed E-state index contributed by atoms with van der Waals surface area (Å²) in [5, 5.41) is 15.2. The molecule has 30 heavy (non-hydrogen) atoms. The zero-order valence-electron chi connectivity index (χ0n) is 17.4. The Morgan fingerprint density at radius 2 is 2.00 bits per heavy atom. The van der Waals surface area contributed by atoms with Crippen molar-refractivity contribution in [3.8, 4) is 11.1 Å². The van der Waals surface area contributed by atoms with E-state index < -0.39 is 5.41 Å². The molecule has 1 aromatic carbocycles. The van der Waals surface area contributed by atoms with Gasteiger partial charge in [-0.15, -0.1) is 0 Å². The average Bonchev–Trinajstić information content (AvgIpc) is 3.21. The number of amides is 1. The molecule has 1 amide bonds. The Balaban J connectivity index is 1.73. The fourth-order valence-corrected chi connectivity index (χ4v) is 5.11. The fraction of sp³-hybridized carbons (Fsp3) is 0.333. The van der Waals surface area contributed by atoms with E-state index in [1.807, 2.05) is 32.3 Å². The van der Waals surface area contributed by atoms with Crippen molar-refractivity contribution in [3.63, 3.8) is 0 Å². The molecule has 0 radical (unpaired) electrons. The molecule has 6 heteroatoms. The zero-order valence-corrected chi connectivity index (χ0v) is 17.4. The number of carbonyl (C=O) groups excluding carboxylic acids is 1. The van der Waals surface area contributed by atoms with Gasteiger partial charge in [0.2, 0.25) is 5.91 Å². The van der Waals surface area contributed by atoms with Crippen LogP contribution >= 0.6 is 0 Å². The molecule has 0 spiro atoms. The molecule has 6 nitrogen and oxygen atoms in total. The molecule has 152 valence electrons. The predicted molar refractivity (Wildman–Crippen MR) is 115 cm³/mol. The summed E-state index contributed by atoms with van der Waals surface area (Å²) in [7, 11) is 0. The quantitative estimate of drug-likeness (QED) is 0.814. The Kier molecular flexibility index (Phi) is 4.31. The number of carbonyl (C=O) groups is 1. The number of aromatic nitrogens is 1. The van der Waals surface area contributed by atoms with Crippen LogP contribution in [0.15, 0.2) is 75.9 Å². The predicted octanol–water partition coefficient (Wildman–Crippen LogP) is 4.15. The number of fused-ring (bicyclic) bond motifs is 1. The second-order valence-corrected chi connectivity index (χ2v) is 8.32. The first kappa shape index (κ1) is 18.7. The van der Waals surface area contributed by atoms with Crippen molar-refractivity contribution in [1.82, 2.24) is 15.6 Å². The Hall–Kier alpha value is -3.28. The average molecular weight is 399 g/mol. The summed E-state index contributed by atoms with van der Waals surface area (Å²) < 4.78 is 0. The summed E-state index contributed by atoms with van der Waals surface area (Å²) in [5.41, 5.74) is 6.58. The number of hydrogen-bond donors (Lipinski definition) is 2. The Bertz CT molecular complexity index is 1130. The Morgan fingerprint density at radius 1 is 1.17 bits per heavy atom. The van der Waals surface area contributed by atoms with Gasteiger partial charge in [-0.25, -0.2) is 0 Å². The first-order chi connectivity index (χ1) is 14.5. The monoisotopic (exact) mass is 399 g/mol. The van der Waals surface area contributed by atoms with Crippen molar-refractivity contribution in [2.24, 2.45) is 10.2 Å². The van der Waals surface area contributed by atoms with Crippen LogP contribution in [0.25, 0.3) is 11.1 Å². The van der Waals surface area contributed by atoms with Crippen LogP contribution in [-0.4, -0.2) is 23.1 Å². The third-order valence-electron chi connectivity index (χ3n) is 6.44. The van der Waals surface area contributed by atoms with Gasteiger partial charge >= 0.3 is 0 Å². The van der Waals surface area contributed by atoms with Crippen molar-refractivity contribution >= 4 is 5.91 Å². The van der Waals surface area contributed by atoms with E-state index >= 15 is 0 Å². The third kappa shape index (κ3) is 2.70. The van der Waals surface area contributed by atoms with Gasteiger partial charge in [-0.3, -0.25) is 9.78 Å². The second-order valence-electron chi connectivity index (χ2n) is 8.32. The molecule has 5 rings (SSSR count). The van der Waals surface area contributed by atoms with Gasteiger partial charge in [-0.2, -0.15) is 10.2 Å². The smallest absolute Gasteiger partial charge is 0.250 e. The van der Waals surface area contributed by atoms with Crippen molar-refractivity contribution in [2.75, 3.05) is 0 Å². The topological polar surface area (TPSA) is 78.7 Å². The number of nitrogens with zero attached hydrogens (tertiary/aromatic N) is 3. The van der Waals surface area contributed by atoms with Gasteiger partial charge in [-0.1, -0.05) is 25.1 Å². The third-order valence-corrected chi connectivity index (χ3v) is 6.44. The molecule has 3 atom stereocenters. The summed E-state index contributed by atoms with van der Waals surface area (Å²) in [6.45, 7) is 6.17. The molecule has 0 saturated heterocycles. The Morgan fingerprint density at radius 3 is 2.80 bits per heavy atom. The highest BCUT2D eigenvalue weighted by molar-refractivity contribution is 5.99. The number of pyridine rings is 1. The highest BCUT2D eigenvalue weighted by Crippen LogP contribution is 2.50. The van der Waals surface area contributed by atoms with E-state index in [1.165, 1.54) is 0 Å². The molecular formula is C24H25N5O. The molecule has 0 saturated carbocycles. The molecule has 3 aliphatic heterocycles. The minimum atomic E-state index is -0.558. The molecule has 3 unspecified atom stereocenters. The summed E-state index contributed by atoms with van der Waals surface area (Å²) >= 11 is 0. The van der Waals surface area contributed by atoms with Gasteiger partial charge < -0.3 is 10.6 Å². The first-order valence-corrected chi connectivity index (χ1v) is 10.5. The highest BCUT2D eigenvalue weighted by Gasteiger charge is 2.51. The normalized spacial score (nSPS) is 27.2. The van der Waals surface area contributed by atoms with Crippen LogP contribution in [0.3, 0.4) is 0 Å². The van der Waals surface area contributed by atoms with E-state index in [9.17, 15) is 4.79 Å². The van der Waals surface area contributed by atoms with Crippen molar-refractivity contribution < 1.29 is 4.79 Å². The van der Waals surface area contributed by atoms with Crippen LogP contribution in [0.4, 0.5) is 0 Å². The lowest BCUT2D eigenvalue weighted by Crippen LogP contribution is -2.55. The van der Waals surface area contributed by atoms with E-state index in [0.717, 1.165) is 52.1 Å². The minimum absolute atomic E-state index is 0.00508. The first-order valence-electron chi connectivity index (χ1n) is 10.5. The van der Waals surface area contributed by atoms with E-state index in [4.69, 9.17) is 0 Å². The van der Waals surface area contributed by atoms with Gasteiger partial charge in [0, 0.05) is 35.6 Å². The van der Waals surface area contributed by atoms with Crippen molar-refractivity contribution in [3.05, 3.63) is 76.9 Å². The molecule has 4 heterocycles. The SMILES string of the molecule is CCC1(c2cccc(-c3ccnc(C)c3)c2)C2=CN=NC2NC2=C1C(=O)NC(C)C2. The highest BCUT2D eigenvalue weighted by atomic mass is 16.1. The lowest BCUT2D eigenvalue weighted by Gasteiger charge is -2.46. The van der Waals surface area contributed by atoms with Crippen LogP contribution in [0, 0.1) is 6.92 Å². The van der Waals surface area contributed by atoms with Crippen LogP contribution < -0.4 is 10.6 Å². The maximum Gasteiger partial charge on any atom is 0.250 e. The molecule has 2 aromatic rings. The second kappa shape index (κ2) is 6.90. The minimum Gasteiger partial charge on any atom is -0.362 e. The van der Waals surface area contributed by atoms with Crippen LogP contribution in [0.1, 0.15) is 37.9 Å². The zero-order chi connectivity index (χ0) is 20.9. The van der Waals surface area contributed by atoms with Gasteiger partial charge in [0.25, 0.3) is 0 Å². The van der Waals surface area contributed by atoms with Gasteiger partial charge in [0.05, 0.1) is 17.2 Å². The number of azo groups is 1. The van der Waals surface area contributed by atoms with Crippen molar-refractivity contribution in [1.29, 1.82) is 0 Å². The summed E-state index contributed by atoms with van der Waals surface area (Å²) in [6.07, 6.45) is 4.97. The summed E-state index contributed by atoms with van der Waals surface area (Å²) in [4.78, 5) is 17.6. The summed E-state index contributed by atoms with van der Waals surface area (Å²) in [6, 6.07) is 12.7. The van der Waals surface area contributed by atoms with Gasteiger partial charge in [0.15, 0.2) is 6.17 Å². The molecule has 0 aliphatic carbocycles. The van der Waals surface area contributed by atoms with Crippen molar-refractivity contribution in [2.45, 2.75) is 51.2 Å². The Labute approximate surface area is 176 Å². The lowest BCUT2D eigenvalue weighted by atomic mass is 9.62. The molecular weight excluding hydrogens is 374 g/mol. The maximum atomic E-state index is 13.3. The summed E-state index contributed by atoms with van der Waals surface area (Å²) in [5.74, 6) is -0.00508. The molecule has 0 bridgehead atoms. The van der Waals surface area contributed by atoms with E-state index in [2.05, 4.69) is 63.1 Å². The van der Waals surface area contributed by atoms with Crippen LogP contribution in [-0.2, 0) is 10.2 Å². The fourth-order valence-electron chi connectivity index (χ4n) is 5.11. The largest absolute Gasteiger partial charge is 0.362 e.